The molecule has 3 aromatic rings. The van der Waals surface area contributed by atoms with Gasteiger partial charge in [0.2, 0.25) is 5.91 Å². The molecule has 0 unspecified atom stereocenters. The number of hydrogen-bond acceptors (Lipinski definition) is 4. The zero-order chi connectivity index (χ0) is 16.9. The Balaban J connectivity index is 1.70. The highest BCUT2D eigenvalue weighted by Crippen LogP contribution is 2.23. The van der Waals surface area contributed by atoms with Crippen molar-refractivity contribution in [1.29, 1.82) is 0 Å². The molecule has 0 saturated carbocycles. The van der Waals surface area contributed by atoms with E-state index < -0.39 is 5.91 Å². The van der Waals surface area contributed by atoms with E-state index in [1.54, 1.807) is 23.9 Å². The molecule has 2 N–H and O–H groups in total. The number of benzene rings is 2. The van der Waals surface area contributed by atoms with Gasteiger partial charge in [-0.05, 0) is 30.2 Å². The summed E-state index contributed by atoms with van der Waals surface area (Å²) in [5.74, 6) is 1.24. The van der Waals surface area contributed by atoms with Gasteiger partial charge < -0.3 is 10.3 Å². The van der Waals surface area contributed by atoms with Crippen LogP contribution in [-0.2, 0) is 12.3 Å². The molecular formula is C18H18N4OS. The lowest BCUT2D eigenvalue weighted by molar-refractivity contribution is 0.100. The Morgan fingerprint density at radius 3 is 2.42 bits per heavy atom. The molecule has 1 heterocycles. The average molecular weight is 338 g/mol. The van der Waals surface area contributed by atoms with E-state index in [0.29, 0.717) is 5.56 Å². The van der Waals surface area contributed by atoms with E-state index in [9.17, 15) is 4.79 Å². The van der Waals surface area contributed by atoms with Crippen LogP contribution >= 0.6 is 11.8 Å². The Morgan fingerprint density at radius 2 is 1.75 bits per heavy atom. The van der Waals surface area contributed by atoms with Crippen molar-refractivity contribution >= 4 is 17.7 Å². The van der Waals surface area contributed by atoms with Gasteiger partial charge in [-0.1, -0.05) is 54.2 Å². The minimum atomic E-state index is -0.410. The zero-order valence-electron chi connectivity index (χ0n) is 13.3. The second-order valence-electron chi connectivity index (χ2n) is 5.45. The lowest BCUT2D eigenvalue weighted by Crippen LogP contribution is -2.10. The van der Waals surface area contributed by atoms with Gasteiger partial charge in [-0.2, -0.15) is 0 Å². The van der Waals surface area contributed by atoms with Gasteiger partial charge in [-0.3, -0.25) is 4.79 Å². The SMILES string of the molecule is Cc1nnc(SCc2ccc(C(N)=O)cc2)n1Cc1ccccc1. The Labute approximate surface area is 144 Å². The largest absolute Gasteiger partial charge is 0.366 e. The van der Waals surface area contributed by atoms with E-state index in [4.69, 9.17) is 5.73 Å². The summed E-state index contributed by atoms with van der Waals surface area (Å²) in [7, 11) is 0. The van der Waals surface area contributed by atoms with Gasteiger partial charge in [0.25, 0.3) is 0 Å². The van der Waals surface area contributed by atoms with Gasteiger partial charge in [-0.15, -0.1) is 10.2 Å². The first-order valence-electron chi connectivity index (χ1n) is 7.59. The monoisotopic (exact) mass is 338 g/mol. The van der Waals surface area contributed by atoms with Crippen LogP contribution in [0, 0.1) is 6.92 Å². The molecule has 0 spiro atoms. The van der Waals surface area contributed by atoms with Crippen LogP contribution in [0.1, 0.15) is 27.3 Å². The number of primary amides is 1. The maximum atomic E-state index is 11.1. The van der Waals surface area contributed by atoms with Gasteiger partial charge in [0.05, 0.1) is 6.54 Å². The van der Waals surface area contributed by atoms with Crippen LogP contribution in [0.3, 0.4) is 0 Å². The predicted octanol–water partition coefficient (Wildman–Crippen LogP) is 3.03. The summed E-state index contributed by atoms with van der Waals surface area (Å²) in [4.78, 5) is 11.1. The fourth-order valence-corrected chi connectivity index (χ4v) is 3.27. The first kappa shape index (κ1) is 16.3. The van der Waals surface area contributed by atoms with Gasteiger partial charge in [0.1, 0.15) is 5.82 Å². The minimum Gasteiger partial charge on any atom is -0.366 e. The van der Waals surface area contributed by atoms with Crippen molar-refractivity contribution in [2.75, 3.05) is 0 Å². The van der Waals surface area contributed by atoms with E-state index in [1.165, 1.54) is 5.56 Å². The van der Waals surface area contributed by atoms with Crippen molar-refractivity contribution in [3.8, 4) is 0 Å². The van der Waals surface area contributed by atoms with Crippen molar-refractivity contribution in [2.45, 2.75) is 24.4 Å². The first-order chi connectivity index (χ1) is 11.6. The maximum absolute atomic E-state index is 11.1. The molecule has 0 aliphatic rings. The molecule has 0 atom stereocenters. The molecule has 1 amide bonds. The summed E-state index contributed by atoms with van der Waals surface area (Å²) >= 11 is 1.63. The number of nitrogens with two attached hydrogens (primary N) is 1. The third kappa shape index (κ3) is 3.83. The Hall–Kier alpha value is -2.60. The molecule has 0 aliphatic carbocycles. The highest BCUT2D eigenvalue weighted by molar-refractivity contribution is 7.98. The summed E-state index contributed by atoms with van der Waals surface area (Å²) in [6.45, 7) is 2.71. The molecule has 5 nitrogen and oxygen atoms in total. The molecule has 2 aromatic carbocycles. The number of hydrogen-bond donors (Lipinski definition) is 1. The van der Waals surface area contributed by atoms with Gasteiger partial charge in [-0.25, -0.2) is 0 Å². The molecular weight excluding hydrogens is 320 g/mol. The first-order valence-corrected chi connectivity index (χ1v) is 8.57. The predicted molar refractivity (Wildman–Crippen MR) is 94.8 cm³/mol. The van der Waals surface area contributed by atoms with Crippen molar-refractivity contribution in [1.82, 2.24) is 14.8 Å². The van der Waals surface area contributed by atoms with Gasteiger partial charge >= 0.3 is 0 Å². The third-order valence-electron chi connectivity index (χ3n) is 3.69. The summed E-state index contributed by atoms with van der Waals surface area (Å²) in [5.41, 5.74) is 8.10. The number of thioether (sulfide) groups is 1. The quantitative estimate of drug-likeness (QED) is 0.701. The fraction of sp³-hybridized carbons (Fsp3) is 0.167. The standard InChI is InChI=1S/C18H18N4OS/c1-13-20-21-18(22(13)11-14-5-3-2-4-6-14)24-12-15-7-9-16(10-8-15)17(19)23/h2-10H,11-12H2,1H3,(H2,19,23). The molecule has 6 heteroatoms. The molecule has 122 valence electrons. The van der Waals surface area contributed by atoms with Gasteiger partial charge in [0.15, 0.2) is 5.16 Å². The molecule has 0 aliphatic heterocycles. The second kappa shape index (κ2) is 7.31. The number of rotatable bonds is 6. The number of aryl methyl sites for hydroxylation is 1. The van der Waals surface area contributed by atoms with E-state index >= 15 is 0 Å². The number of aromatic nitrogens is 3. The van der Waals surface area contributed by atoms with Gasteiger partial charge in [0, 0.05) is 11.3 Å². The van der Waals surface area contributed by atoms with Crippen molar-refractivity contribution in [3.63, 3.8) is 0 Å². The average Bonchev–Trinajstić information content (AvgIpc) is 2.94. The van der Waals surface area contributed by atoms with Crippen LogP contribution in [0.5, 0.6) is 0 Å². The lowest BCUT2D eigenvalue weighted by atomic mass is 10.1. The van der Waals surface area contributed by atoms with Crippen molar-refractivity contribution in [3.05, 3.63) is 77.1 Å². The molecule has 1 aromatic heterocycles. The highest BCUT2D eigenvalue weighted by atomic mass is 32.2. The summed E-state index contributed by atoms with van der Waals surface area (Å²) in [5, 5.41) is 9.35. The van der Waals surface area contributed by atoms with Crippen molar-refractivity contribution in [2.24, 2.45) is 5.73 Å². The number of nitrogens with zero attached hydrogens (tertiary/aromatic N) is 3. The van der Waals surface area contributed by atoms with Crippen LogP contribution in [-0.4, -0.2) is 20.7 Å². The van der Waals surface area contributed by atoms with E-state index in [2.05, 4.69) is 26.9 Å². The normalized spacial score (nSPS) is 10.7. The Kier molecular flexibility index (Phi) is 4.96. The number of amides is 1. The number of carbonyl (C=O) groups is 1. The fourth-order valence-electron chi connectivity index (χ4n) is 2.33. The molecule has 0 radical (unpaired) electrons. The van der Waals surface area contributed by atoms with Crippen molar-refractivity contribution < 1.29 is 4.79 Å². The van der Waals surface area contributed by atoms with E-state index in [0.717, 1.165) is 28.8 Å². The van der Waals surface area contributed by atoms with Crippen LogP contribution in [0.2, 0.25) is 0 Å². The molecule has 0 bridgehead atoms. The lowest BCUT2D eigenvalue weighted by Gasteiger charge is -2.08. The Bertz CT molecular complexity index is 828. The van der Waals surface area contributed by atoms with Crippen LogP contribution in [0.15, 0.2) is 59.8 Å². The minimum absolute atomic E-state index is 0.410. The summed E-state index contributed by atoms with van der Waals surface area (Å²) < 4.78 is 2.11. The third-order valence-corrected chi connectivity index (χ3v) is 4.73. The second-order valence-corrected chi connectivity index (χ2v) is 6.39. The van der Waals surface area contributed by atoms with E-state index in [-0.39, 0.29) is 0 Å². The zero-order valence-corrected chi connectivity index (χ0v) is 14.2. The number of carbonyl (C=O) groups excluding carboxylic acids is 1. The maximum Gasteiger partial charge on any atom is 0.248 e. The van der Waals surface area contributed by atoms with Crippen LogP contribution < -0.4 is 5.73 Å². The topological polar surface area (TPSA) is 73.8 Å². The smallest absolute Gasteiger partial charge is 0.248 e. The van der Waals surface area contributed by atoms with Crippen LogP contribution in [0.25, 0.3) is 0 Å². The molecule has 0 fully saturated rings. The Morgan fingerprint density at radius 1 is 1.04 bits per heavy atom. The highest BCUT2D eigenvalue weighted by Gasteiger charge is 2.10. The summed E-state index contributed by atoms with van der Waals surface area (Å²) in [6.07, 6.45) is 0. The molecule has 24 heavy (non-hydrogen) atoms. The molecule has 3 rings (SSSR count). The molecule has 0 saturated heterocycles. The van der Waals surface area contributed by atoms with E-state index in [1.807, 2.05) is 37.3 Å². The van der Waals surface area contributed by atoms with Crippen LogP contribution in [0.4, 0.5) is 0 Å². The summed E-state index contributed by atoms with van der Waals surface area (Å²) in [6, 6.07) is 17.6.